The Balaban J connectivity index is 1.36. The molecule has 3 aromatic rings. The predicted octanol–water partition coefficient (Wildman–Crippen LogP) is 5.02. The number of aromatic nitrogens is 2. The molecule has 32 heavy (non-hydrogen) atoms. The number of imidazole rings is 1. The molecule has 1 saturated carbocycles. The van der Waals surface area contributed by atoms with Gasteiger partial charge >= 0.3 is 0 Å². The van der Waals surface area contributed by atoms with E-state index >= 15 is 0 Å². The van der Waals surface area contributed by atoms with Crippen molar-refractivity contribution >= 4 is 29.1 Å². The number of carbonyl (C=O) groups is 1. The topological polar surface area (TPSA) is 41.4 Å². The predicted molar refractivity (Wildman–Crippen MR) is 127 cm³/mol. The molecule has 2 atom stereocenters. The van der Waals surface area contributed by atoms with Crippen LogP contribution in [0.15, 0.2) is 61.1 Å². The molecule has 2 heterocycles. The zero-order chi connectivity index (χ0) is 22.2. The van der Waals surface area contributed by atoms with E-state index in [1.807, 2.05) is 58.0 Å². The third-order valence-electron chi connectivity index (χ3n) is 6.78. The van der Waals surface area contributed by atoms with Gasteiger partial charge in [-0.25, -0.2) is 4.98 Å². The average Bonchev–Trinajstić information content (AvgIpc) is 3.18. The number of carbonyl (C=O) groups excluding carboxylic acids is 1. The minimum atomic E-state index is -0.0527. The summed E-state index contributed by atoms with van der Waals surface area (Å²) >= 11 is 12.3. The molecule has 1 aliphatic heterocycles. The maximum atomic E-state index is 13.5. The summed E-state index contributed by atoms with van der Waals surface area (Å²) in [5.41, 5.74) is 2.34. The van der Waals surface area contributed by atoms with Gasteiger partial charge in [0.2, 0.25) is 0 Å². The number of rotatable bonds is 7. The van der Waals surface area contributed by atoms with E-state index in [-0.39, 0.29) is 5.91 Å². The van der Waals surface area contributed by atoms with Crippen LogP contribution in [-0.2, 0) is 6.54 Å². The van der Waals surface area contributed by atoms with Gasteiger partial charge in [-0.2, -0.15) is 0 Å². The molecular formula is C25H26Cl2N4O. The second-order valence-electron chi connectivity index (χ2n) is 8.81. The van der Waals surface area contributed by atoms with E-state index in [0.29, 0.717) is 40.0 Å². The molecule has 5 rings (SSSR count). The van der Waals surface area contributed by atoms with E-state index < -0.39 is 0 Å². The van der Waals surface area contributed by atoms with Gasteiger partial charge in [-0.3, -0.25) is 4.79 Å². The lowest BCUT2D eigenvalue weighted by atomic mass is 10.1. The molecule has 2 fully saturated rings. The minimum Gasteiger partial charge on any atom is -0.333 e. The second kappa shape index (κ2) is 8.89. The van der Waals surface area contributed by atoms with Crippen molar-refractivity contribution in [3.63, 3.8) is 0 Å². The lowest BCUT2D eigenvalue weighted by molar-refractivity contribution is 0.0719. The van der Waals surface area contributed by atoms with E-state index in [9.17, 15) is 4.79 Å². The molecule has 2 aromatic carbocycles. The highest BCUT2D eigenvalue weighted by Crippen LogP contribution is 2.52. The number of halogens is 2. The third kappa shape index (κ3) is 4.42. The highest BCUT2D eigenvalue weighted by molar-refractivity contribution is 6.31. The Morgan fingerprint density at radius 3 is 2.50 bits per heavy atom. The van der Waals surface area contributed by atoms with E-state index in [1.165, 1.54) is 0 Å². The zero-order valence-electron chi connectivity index (χ0n) is 18.0. The van der Waals surface area contributed by atoms with Crippen molar-refractivity contribution in [3.8, 4) is 5.69 Å². The molecular weight excluding hydrogens is 443 g/mol. The van der Waals surface area contributed by atoms with E-state index in [2.05, 4.69) is 16.8 Å². The van der Waals surface area contributed by atoms with Gasteiger partial charge < -0.3 is 14.4 Å². The molecule has 5 nitrogen and oxygen atoms in total. The molecule has 0 N–H and O–H groups in total. The second-order valence-corrected chi connectivity index (χ2v) is 9.68. The van der Waals surface area contributed by atoms with Crippen molar-refractivity contribution < 1.29 is 4.79 Å². The molecule has 2 unspecified atom stereocenters. The monoisotopic (exact) mass is 468 g/mol. The summed E-state index contributed by atoms with van der Waals surface area (Å²) in [7, 11) is 0. The first kappa shape index (κ1) is 21.5. The van der Waals surface area contributed by atoms with Crippen LogP contribution >= 0.6 is 23.2 Å². The molecule has 1 aromatic heterocycles. The first-order valence-corrected chi connectivity index (χ1v) is 11.8. The fraction of sp³-hybridized carbons (Fsp3) is 0.360. The van der Waals surface area contributed by atoms with Crippen LogP contribution in [0.1, 0.15) is 23.0 Å². The van der Waals surface area contributed by atoms with Crippen molar-refractivity contribution in [2.75, 3.05) is 26.2 Å². The average molecular weight is 469 g/mol. The zero-order valence-corrected chi connectivity index (χ0v) is 19.5. The van der Waals surface area contributed by atoms with Crippen LogP contribution in [0.4, 0.5) is 0 Å². The number of amides is 1. The van der Waals surface area contributed by atoms with Gasteiger partial charge in [0.25, 0.3) is 5.91 Å². The highest BCUT2D eigenvalue weighted by Gasteiger charge is 2.55. The van der Waals surface area contributed by atoms with Gasteiger partial charge in [0.1, 0.15) is 12.0 Å². The van der Waals surface area contributed by atoms with Crippen LogP contribution in [0.5, 0.6) is 0 Å². The summed E-state index contributed by atoms with van der Waals surface area (Å²) in [5, 5.41) is 1.33. The number of benzene rings is 2. The van der Waals surface area contributed by atoms with Crippen LogP contribution < -0.4 is 0 Å². The molecule has 7 heteroatoms. The lowest BCUT2D eigenvalue weighted by Crippen LogP contribution is -2.35. The molecule has 0 bridgehead atoms. The number of hydrogen-bond acceptors (Lipinski definition) is 3. The van der Waals surface area contributed by atoms with Crippen molar-refractivity contribution in [2.45, 2.75) is 13.5 Å². The number of piperidine rings is 1. The van der Waals surface area contributed by atoms with E-state index in [1.54, 1.807) is 12.5 Å². The van der Waals surface area contributed by atoms with Gasteiger partial charge in [0.05, 0.1) is 0 Å². The number of nitrogens with zero attached hydrogens (tertiary/aromatic N) is 4. The molecule has 1 amide bonds. The van der Waals surface area contributed by atoms with Crippen molar-refractivity contribution in [2.24, 2.45) is 17.8 Å². The van der Waals surface area contributed by atoms with Crippen LogP contribution in [0.3, 0.4) is 0 Å². The number of likely N-dealkylation sites (tertiary alicyclic amines) is 1. The fourth-order valence-electron chi connectivity index (χ4n) is 4.97. The smallest absolute Gasteiger partial charge is 0.274 e. The number of fused-ring (bicyclic) bond motifs is 1. The summed E-state index contributed by atoms with van der Waals surface area (Å²) in [4.78, 5) is 22.4. The summed E-state index contributed by atoms with van der Waals surface area (Å²) in [5.74, 6) is 1.92. The quantitative estimate of drug-likeness (QED) is 0.488. The summed E-state index contributed by atoms with van der Waals surface area (Å²) in [6, 6.07) is 15.2. The maximum Gasteiger partial charge on any atom is 0.274 e. The molecule has 0 radical (unpaired) electrons. The van der Waals surface area contributed by atoms with Crippen LogP contribution in [0.25, 0.3) is 5.69 Å². The Hall–Kier alpha value is -2.34. The maximum absolute atomic E-state index is 13.5. The standard InChI is InChI=1S/C25H26Cl2N4O/c1-2-29-12-21-22(13-29)23(21)14-30(11-17-5-3-6-18(26)9-17)25(32)24-15-31(16-28-24)20-8-4-7-19(27)10-20/h3-10,15-16,21-23H,2,11-14H2,1H3. The first-order valence-electron chi connectivity index (χ1n) is 11.1. The Labute approximate surface area is 198 Å². The van der Waals surface area contributed by atoms with Gasteiger partial charge in [-0.05, 0) is 60.2 Å². The Morgan fingerprint density at radius 1 is 1.09 bits per heavy atom. The molecule has 0 spiro atoms. The van der Waals surface area contributed by atoms with E-state index in [0.717, 1.165) is 37.4 Å². The molecule has 1 saturated heterocycles. The van der Waals surface area contributed by atoms with Crippen LogP contribution in [0, 0.1) is 17.8 Å². The molecule has 1 aliphatic carbocycles. The third-order valence-corrected chi connectivity index (χ3v) is 7.25. The lowest BCUT2D eigenvalue weighted by Gasteiger charge is -2.24. The van der Waals surface area contributed by atoms with Crippen molar-refractivity contribution in [1.82, 2.24) is 19.4 Å². The largest absolute Gasteiger partial charge is 0.333 e. The normalized spacial score (nSPS) is 22.0. The van der Waals surface area contributed by atoms with Gasteiger partial charge in [-0.1, -0.05) is 48.3 Å². The summed E-state index contributed by atoms with van der Waals surface area (Å²) in [6.07, 6.45) is 3.45. The van der Waals surface area contributed by atoms with Crippen molar-refractivity contribution in [3.05, 3.63) is 82.4 Å². The van der Waals surface area contributed by atoms with E-state index in [4.69, 9.17) is 23.2 Å². The highest BCUT2D eigenvalue weighted by atomic mass is 35.5. The fourth-order valence-corrected chi connectivity index (χ4v) is 5.37. The Morgan fingerprint density at radius 2 is 1.81 bits per heavy atom. The Bertz CT molecular complexity index is 1120. The van der Waals surface area contributed by atoms with Crippen LogP contribution in [0.2, 0.25) is 10.0 Å². The van der Waals surface area contributed by atoms with Gasteiger partial charge in [0.15, 0.2) is 0 Å². The van der Waals surface area contributed by atoms with Crippen LogP contribution in [-0.4, -0.2) is 51.4 Å². The summed E-state index contributed by atoms with van der Waals surface area (Å²) in [6.45, 7) is 6.89. The van der Waals surface area contributed by atoms with Gasteiger partial charge in [0, 0.05) is 48.1 Å². The first-order chi connectivity index (χ1) is 15.5. The summed E-state index contributed by atoms with van der Waals surface area (Å²) < 4.78 is 1.83. The minimum absolute atomic E-state index is 0.0527. The number of hydrogen-bond donors (Lipinski definition) is 0. The van der Waals surface area contributed by atoms with Gasteiger partial charge in [-0.15, -0.1) is 0 Å². The van der Waals surface area contributed by atoms with Crippen molar-refractivity contribution in [1.29, 1.82) is 0 Å². The molecule has 166 valence electrons. The SMILES string of the molecule is CCN1CC2C(C1)C2CN(Cc1cccc(Cl)c1)C(=O)c1cn(-c2cccc(Cl)c2)cn1. The molecule has 2 aliphatic rings. The Kier molecular flexibility index (Phi) is 5.97.